The molecule has 0 atom stereocenters. The Morgan fingerprint density at radius 2 is 1.76 bits per heavy atom. The SMILES string of the molecule is CCCN(CCC)CCCCC(=O)NNC(=O)N1Cc2ccccc2Oc2ccc(Cl)cc21. The Bertz CT molecular complexity index is 947. The highest BCUT2D eigenvalue weighted by Crippen LogP contribution is 2.40. The highest BCUT2D eigenvalue weighted by molar-refractivity contribution is 6.31. The number of hydrogen-bond donors (Lipinski definition) is 2. The van der Waals surface area contributed by atoms with Gasteiger partial charge in [0.2, 0.25) is 5.91 Å². The fourth-order valence-electron chi connectivity index (χ4n) is 3.92. The average Bonchev–Trinajstić information content (AvgIpc) is 2.97. The number of rotatable bonds is 9. The number of ether oxygens (including phenoxy) is 1. The first-order valence-electron chi connectivity index (χ1n) is 11.7. The largest absolute Gasteiger partial charge is 0.455 e. The molecule has 1 heterocycles. The van der Waals surface area contributed by atoms with Gasteiger partial charge < -0.3 is 9.64 Å². The Morgan fingerprint density at radius 1 is 1.00 bits per heavy atom. The minimum absolute atomic E-state index is 0.210. The highest BCUT2D eigenvalue weighted by Gasteiger charge is 2.26. The molecule has 0 spiro atoms. The number of nitrogens with one attached hydrogen (secondary N) is 2. The van der Waals surface area contributed by atoms with Crippen molar-refractivity contribution < 1.29 is 14.3 Å². The lowest BCUT2D eigenvalue weighted by Gasteiger charge is -2.23. The molecule has 2 aromatic rings. The van der Waals surface area contributed by atoms with Crippen LogP contribution in [0.4, 0.5) is 10.5 Å². The number of carbonyl (C=O) groups is 2. The minimum atomic E-state index is -0.454. The molecule has 8 heteroatoms. The Kier molecular flexibility index (Phi) is 9.39. The Labute approximate surface area is 201 Å². The topological polar surface area (TPSA) is 73.9 Å². The van der Waals surface area contributed by atoms with Crippen LogP contribution < -0.4 is 20.5 Å². The number of nitrogens with zero attached hydrogens (tertiary/aromatic N) is 2. The minimum Gasteiger partial charge on any atom is -0.455 e. The summed E-state index contributed by atoms with van der Waals surface area (Å²) >= 11 is 6.18. The molecule has 3 amide bonds. The first kappa shape index (κ1) is 24.9. The van der Waals surface area contributed by atoms with E-state index in [1.807, 2.05) is 24.3 Å². The molecule has 2 aromatic carbocycles. The number of carbonyl (C=O) groups excluding carboxylic acids is 2. The van der Waals surface area contributed by atoms with Crippen LogP contribution in [0.2, 0.25) is 5.02 Å². The summed E-state index contributed by atoms with van der Waals surface area (Å²) in [5, 5.41) is 0.491. The highest BCUT2D eigenvalue weighted by atomic mass is 35.5. The first-order valence-corrected chi connectivity index (χ1v) is 12.0. The van der Waals surface area contributed by atoms with E-state index in [1.54, 1.807) is 18.2 Å². The predicted molar refractivity (Wildman–Crippen MR) is 132 cm³/mol. The van der Waals surface area contributed by atoms with E-state index in [0.717, 1.165) is 50.9 Å². The quantitative estimate of drug-likeness (QED) is 0.374. The molecule has 0 bridgehead atoms. The molecule has 0 aromatic heterocycles. The van der Waals surface area contributed by atoms with Crippen LogP contribution in [0, 0.1) is 0 Å². The zero-order valence-electron chi connectivity index (χ0n) is 19.4. The standard InChI is InChI=1S/C25H33ClN4O3/c1-3-14-29(15-4-2)16-8-7-11-24(31)27-28-25(32)30-18-19-9-5-6-10-22(19)33-23-13-12-20(26)17-21(23)30/h5-6,9-10,12-13,17H,3-4,7-8,11,14-16,18H2,1-2H3,(H,27,31)(H,28,32). The van der Waals surface area contributed by atoms with Gasteiger partial charge >= 0.3 is 6.03 Å². The number of benzene rings is 2. The molecule has 1 aliphatic heterocycles. The van der Waals surface area contributed by atoms with Crippen LogP contribution in [0.5, 0.6) is 11.5 Å². The van der Waals surface area contributed by atoms with E-state index >= 15 is 0 Å². The van der Waals surface area contributed by atoms with Crippen molar-refractivity contribution >= 4 is 29.2 Å². The lowest BCUT2D eigenvalue weighted by molar-refractivity contribution is -0.121. The van der Waals surface area contributed by atoms with Crippen molar-refractivity contribution in [2.24, 2.45) is 0 Å². The molecule has 33 heavy (non-hydrogen) atoms. The van der Waals surface area contributed by atoms with Crippen LogP contribution in [0.25, 0.3) is 0 Å². The summed E-state index contributed by atoms with van der Waals surface area (Å²) < 4.78 is 6.01. The summed E-state index contributed by atoms with van der Waals surface area (Å²) in [4.78, 5) is 29.2. The van der Waals surface area contributed by atoms with E-state index in [2.05, 4.69) is 29.6 Å². The molecule has 1 aliphatic rings. The van der Waals surface area contributed by atoms with E-state index in [0.29, 0.717) is 28.6 Å². The number of hydrogen-bond acceptors (Lipinski definition) is 4. The van der Waals surface area contributed by atoms with Gasteiger partial charge in [0.05, 0.1) is 12.2 Å². The Hall–Kier alpha value is -2.77. The number of para-hydroxylation sites is 1. The molecule has 0 radical (unpaired) electrons. The third kappa shape index (κ3) is 7.11. The maximum absolute atomic E-state index is 13.0. The van der Waals surface area contributed by atoms with Gasteiger partial charge in [-0.2, -0.15) is 0 Å². The van der Waals surface area contributed by atoms with Crippen molar-refractivity contribution in [3.8, 4) is 11.5 Å². The van der Waals surface area contributed by atoms with Gasteiger partial charge in [0.15, 0.2) is 5.75 Å². The number of fused-ring (bicyclic) bond motifs is 2. The number of urea groups is 1. The van der Waals surface area contributed by atoms with Gasteiger partial charge in [-0.15, -0.1) is 0 Å². The molecule has 7 nitrogen and oxygen atoms in total. The van der Waals surface area contributed by atoms with Gasteiger partial charge in [0.1, 0.15) is 5.75 Å². The van der Waals surface area contributed by atoms with Crippen LogP contribution in [-0.4, -0.2) is 36.5 Å². The van der Waals surface area contributed by atoms with E-state index in [1.165, 1.54) is 4.90 Å². The fraction of sp³-hybridized carbons (Fsp3) is 0.440. The smallest absolute Gasteiger partial charge is 0.341 e. The zero-order chi connectivity index (χ0) is 23.6. The molecule has 0 saturated carbocycles. The lowest BCUT2D eigenvalue weighted by Crippen LogP contribution is -2.48. The average molecular weight is 473 g/mol. The van der Waals surface area contributed by atoms with Crippen LogP contribution in [0.3, 0.4) is 0 Å². The number of halogens is 1. The molecular formula is C25H33ClN4O3. The van der Waals surface area contributed by atoms with Crippen molar-refractivity contribution in [3.63, 3.8) is 0 Å². The van der Waals surface area contributed by atoms with Crippen LogP contribution >= 0.6 is 11.6 Å². The summed E-state index contributed by atoms with van der Waals surface area (Å²) in [6, 6.07) is 12.2. The van der Waals surface area contributed by atoms with E-state index in [4.69, 9.17) is 16.3 Å². The second-order valence-corrected chi connectivity index (χ2v) is 8.62. The van der Waals surface area contributed by atoms with E-state index < -0.39 is 6.03 Å². The predicted octanol–water partition coefficient (Wildman–Crippen LogP) is 5.49. The van der Waals surface area contributed by atoms with E-state index in [9.17, 15) is 9.59 Å². The first-order chi connectivity index (χ1) is 16.0. The third-order valence-corrected chi connectivity index (χ3v) is 5.73. The van der Waals surface area contributed by atoms with Gasteiger partial charge in [0.25, 0.3) is 0 Å². The molecule has 0 saturated heterocycles. The fourth-order valence-corrected chi connectivity index (χ4v) is 4.09. The number of amides is 3. The maximum Gasteiger partial charge on any atom is 0.341 e. The maximum atomic E-state index is 13.0. The van der Waals surface area contributed by atoms with Crippen LogP contribution in [0.1, 0.15) is 51.5 Å². The molecule has 2 N–H and O–H groups in total. The second kappa shape index (κ2) is 12.5. The Balaban J connectivity index is 1.55. The monoisotopic (exact) mass is 472 g/mol. The summed E-state index contributed by atoms with van der Waals surface area (Å²) in [7, 11) is 0. The van der Waals surface area contributed by atoms with E-state index in [-0.39, 0.29) is 12.5 Å². The van der Waals surface area contributed by atoms with Gasteiger partial charge in [-0.25, -0.2) is 10.2 Å². The molecule has 0 unspecified atom stereocenters. The molecular weight excluding hydrogens is 440 g/mol. The van der Waals surface area contributed by atoms with Gasteiger partial charge in [-0.05, 0) is 69.6 Å². The number of hydrazine groups is 1. The Morgan fingerprint density at radius 3 is 2.52 bits per heavy atom. The summed E-state index contributed by atoms with van der Waals surface area (Å²) in [5.74, 6) is 0.994. The molecule has 178 valence electrons. The van der Waals surface area contributed by atoms with Gasteiger partial charge in [-0.3, -0.25) is 15.1 Å². The van der Waals surface area contributed by atoms with Crippen molar-refractivity contribution in [2.75, 3.05) is 24.5 Å². The number of unbranched alkanes of at least 4 members (excludes halogenated alkanes) is 1. The van der Waals surface area contributed by atoms with Crippen molar-refractivity contribution in [3.05, 3.63) is 53.1 Å². The van der Waals surface area contributed by atoms with Crippen LogP contribution in [0.15, 0.2) is 42.5 Å². The zero-order valence-corrected chi connectivity index (χ0v) is 20.2. The van der Waals surface area contributed by atoms with Crippen molar-refractivity contribution in [1.29, 1.82) is 0 Å². The summed E-state index contributed by atoms with van der Waals surface area (Å²) in [6.07, 6.45) is 4.35. The van der Waals surface area contributed by atoms with Gasteiger partial charge in [-0.1, -0.05) is 43.6 Å². The summed E-state index contributed by atoms with van der Waals surface area (Å²) in [6.45, 7) is 7.82. The third-order valence-electron chi connectivity index (χ3n) is 5.49. The molecule has 0 fully saturated rings. The van der Waals surface area contributed by atoms with Gasteiger partial charge in [0, 0.05) is 17.0 Å². The molecule has 3 rings (SSSR count). The van der Waals surface area contributed by atoms with Crippen molar-refractivity contribution in [1.82, 2.24) is 15.8 Å². The molecule has 0 aliphatic carbocycles. The second-order valence-electron chi connectivity index (χ2n) is 8.19. The lowest BCUT2D eigenvalue weighted by atomic mass is 10.2. The normalized spacial score (nSPS) is 12.4. The van der Waals surface area contributed by atoms with Crippen molar-refractivity contribution in [2.45, 2.75) is 52.5 Å². The van der Waals surface area contributed by atoms with Crippen LogP contribution in [-0.2, 0) is 11.3 Å². The summed E-state index contributed by atoms with van der Waals surface area (Å²) in [5.41, 5.74) is 6.48. The number of anilines is 1.